The summed E-state index contributed by atoms with van der Waals surface area (Å²) < 4.78 is 6.58. The molecule has 0 amide bonds. The van der Waals surface area contributed by atoms with Gasteiger partial charge in [0.1, 0.15) is 5.82 Å². The van der Waals surface area contributed by atoms with Crippen LogP contribution in [0.15, 0.2) is 41.0 Å². The van der Waals surface area contributed by atoms with Crippen molar-refractivity contribution in [3.8, 4) is 0 Å². The van der Waals surface area contributed by atoms with Crippen LogP contribution in [-0.2, 0) is 11.3 Å². The van der Waals surface area contributed by atoms with Crippen LogP contribution in [0.25, 0.3) is 0 Å². The number of rotatable bonds is 5. The molecule has 6 nitrogen and oxygen atoms in total. The standard InChI is InChI=1S/C20H26BrN5O/c1-24(19-5-7-22-20(23-19)26-9-11-27-12-10-26)18-6-8-25(15-18)14-16-3-2-4-17(21)13-16/h2-5,7,13,18H,6,8-12,14-15H2,1H3. The molecule has 2 aliphatic heterocycles. The van der Waals surface area contributed by atoms with E-state index in [4.69, 9.17) is 9.72 Å². The second-order valence-electron chi connectivity index (χ2n) is 7.23. The normalized spacial score (nSPS) is 20.8. The molecule has 0 radical (unpaired) electrons. The summed E-state index contributed by atoms with van der Waals surface area (Å²) in [7, 11) is 2.15. The van der Waals surface area contributed by atoms with E-state index >= 15 is 0 Å². The number of anilines is 2. The molecule has 7 heteroatoms. The molecule has 0 saturated carbocycles. The molecule has 2 saturated heterocycles. The van der Waals surface area contributed by atoms with Crippen LogP contribution in [0.3, 0.4) is 0 Å². The first-order valence-corrected chi connectivity index (χ1v) is 10.3. The number of hydrogen-bond acceptors (Lipinski definition) is 6. The third-order valence-electron chi connectivity index (χ3n) is 5.37. The minimum atomic E-state index is 0.476. The first kappa shape index (κ1) is 18.7. The number of nitrogens with zero attached hydrogens (tertiary/aromatic N) is 5. The van der Waals surface area contributed by atoms with Gasteiger partial charge >= 0.3 is 0 Å². The van der Waals surface area contributed by atoms with Gasteiger partial charge in [0.2, 0.25) is 5.95 Å². The van der Waals surface area contributed by atoms with Crippen LogP contribution in [0.1, 0.15) is 12.0 Å². The van der Waals surface area contributed by atoms with E-state index in [-0.39, 0.29) is 0 Å². The molecule has 2 aliphatic rings. The molecule has 1 unspecified atom stereocenters. The van der Waals surface area contributed by atoms with Crippen LogP contribution in [0.5, 0.6) is 0 Å². The Morgan fingerprint density at radius 1 is 1.22 bits per heavy atom. The molecule has 1 aromatic heterocycles. The molecule has 4 rings (SSSR count). The van der Waals surface area contributed by atoms with Crippen molar-refractivity contribution in [1.82, 2.24) is 14.9 Å². The van der Waals surface area contributed by atoms with E-state index in [1.54, 1.807) is 0 Å². The van der Waals surface area contributed by atoms with Gasteiger partial charge in [0.05, 0.1) is 13.2 Å². The van der Waals surface area contributed by atoms with E-state index in [1.807, 2.05) is 12.3 Å². The highest BCUT2D eigenvalue weighted by atomic mass is 79.9. The minimum Gasteiger partial charge on any atom is -0.378 e. The van der Waals surface area contributed by atoms with Gasteiger partial charge in [-0.3, -0.25) is 4.90 Å². The van der Waals surface area contributed by atoms with Crippen molar-refractivity contribution in [3.63, 3.8) is 0 Å². The van der Waals surface area contributed by atoms with Gasteiger partial charge in [-0.2, -0.15) is 4.98 Å². The van der Waals surface area contributed by atoms with E-state index < -0.39 is 0 Å². The maximum atomic E-state index is 5.43. The topological polar surface area (TPSA) is 44.7 Å². The van der Waals surface area contributed by atoms with Crippen molar-refractivity contribution in [2.24, 2.45) is 0 Å². The molecule has 0 aliphatic carbocycles. The van der Waals surface area contributed by atoms with Crippen molar-refractivity contribution in [1.29, 1.82) is 0 Å². The Morgan fingerprint density at radius 2 is 2.07 bits per heavy atom. The van der Waals surface area contributed by atoms with E-state index in [0.29, 0.717) is 6.04 Å². The minimum absolute atomic E-state index is 0.476. The maximum Gasteiger partial charge on any atom is 0.227 e. The molecule has 0 N–H and O–H groups in total. The molecule has 1 aromatic carbocycles. The number of benzene rings is 1. The fraction of sp³-hybridized carbons (Fsp3) is 0.500. The third-order valence-corrected chi connectivity index (χ3v) is 5.87. The quantitative estimate of drug-likeness (QED) is 0.724. The number of ether oxygens (including phenoxy) is 1. The number of likely N-dealkylation sites (N-methyl/N-ethyl adjacent to an activating group) is 1. The predicted octanol–water partition coefficient (Wildman–Crippen LogP) is 2.79. The number of halogens is 1. The Balaban J connectivity index is 1.39. The number of morpholine rings is 1. The van der Waals surface area contributed by atoms with E-state index in [9.17, 15) is 0 Å². The van der Waals surface area contributed by atoms with Gasteiger partial charge in [0, 0.05) is 56.5 Å². The van der Waals surface area contributed by atoms with Crippen LogP contribution in [-0.4, -0.2) is 67.4 Å². The number of likely N-dealkylation sites (tertiary alicyclic amines) is 1. The molecule has 0 bridgehead atoms. The van der Waals surface area contributed by atoms with Crippen molar-refractivity contribution in [2.75, 3.05) is 56.2 Å². The maximum absolute atomic E-state index is 5.43. The average molecular weight is 432 g/mol. The zero-order valence-corrected chi connectivity index (χ0v) is 17.3. The van der Waals surface area contributed by atoms with E-state index in [2.05, 4.69) is 66.9 Å². The highest BCUT2D eigenvalue weighted by Gasteiger charge is 2.27. The van der Waals surface area contributed by atoms with Crippen molar-refractivity contribution in [2.45, 2.75) is 19.0 Å². The molecule has 2 aromatic rings. The third kappa shape index (κ3) is 4.59. The zero-order chi connectivity index (χ0) is 18.6. The summed E-state index contributed by atoms with van der Waals surface area (Å²) >= 11 is 3.56. The summed E-state index contributed by atoms with van der Waals surface area (Å²) in [5.41, 5.74) is 1.35. The van der Waals surface area contributed by atoms with Crippen LogP contribution in [0.2, 0.25) is 0 Å². The second-order valence-corrected chi connectivity index (χ2v) is 8.15. The smallest absolute Gasteiger partial charge is 0.227 e. The molecule has 0 spiro atoms. The first-order valence-electron chi connectivity index (χ1n) is 9.54. The lowest BCUT2D eigenvalue weighted by atomic mass is 10.2. The summed E-state index contributed by atoms with van der Waals surface area (Å²) in [6.45, 7) is 6.37. The van der Waals surface area contributed by atoms with E-state index in [1.165, 1.54) is 5.56 Å². The van der Waals surface area contributed by atoms with E-state index in [0.717, 1.165) is 68.6 Å². The molecule has 2 fully saturated rings. The Kier molecular flexibility index (Phi) is 5.90. The summed E-state index contributed by atoms with van der Waals surface area (Å²) in [5.74, 6) is 1.81. The lowest BCUT2D eigenvalue weighted by Crippen LogP contribution is -2.38. The fourth-order valence-electron chi connectivity index (χ4n) is 3.80. The molecule has 27 heavy (non-hydrogen) atoms. The van der Waals surface area contributed by atoms with Crippen molar-refractivity contribution < 1.29 is 4.74 Å². The molecule has 144 valence electrons. The number of aromatic nitrogens is 2. The van der Waals surface area contributed by atoms with Gasteiger partial charge in [-0.05, 0) is 30.2 Å². The summed E-state index contributed by atoms with van der Waals surface area (Å²) in [5, 5.41) is 0. The SMILES string of the molecule is CN(c1ccnc(N2CCOCC2)n1)C1CCN(Cc2cccc(Br)c2)C1. The van der Waals surface area contributed by atoms with Crippen LogP contribution in [0, 0.1) is 0 Å². The molecular weight excluding hydrogens is 406 g/mol. The van der Waals surface area contributed by atoms with Gasteiger partial charge in [-0.15, -0.1) is 0 Å². The summed E-state index contributed by atoms with van der Waals surface area (Å²) in [6.07, 6.45) is 3.03. The largest absolute Gasteiger partial charge is 0.378 e. The Bertz CT molecular complexity index is 768. The van der Waals surface area contributed by atoms with Crippen molar-refractivity contribution in [3.05, 3.63) is 46.6 Å². The Hall–Kier alpha value is -1.70. The predicted molar refractivity (Wildman–Crippen MR) is 111 cm³/mol. The Labute approximate surface area is 169 Å². The summed E-state index contributed by atoms with van der Waals surface area (Å²) in [4.78, 5) is 16.3. The Morgan fingerprint density at radius 3 is 2.89 bits per heavy atom. The van der Waals surface area contributed by atoms with Gasteiger partial charge in [-0.1, -0.05) is 28.1 Å². The second kappa shape index (κ2) is 8.54. The average Bonchev–Trinajstić information content (AvgIpc) is 3.16. The highest BCUT2D eigenvalue weighted by molar-refractivity contribution is 9.10. The number of hydrogen-bond donors (Lipinski definition) is 0. The lowest BCUT2D eigenvalue weighted by Gasteiger charge is -2.29. The van der Waals surface area contributed by atoms with Gasteiger partial charge < -0.3 is 14.5 Å². The molecule has 3 heterocycles. The van der Waals surface area contributed by atoms with Crippen molar-refractivity contribution >= 4 is 27.7 Å². The lowest BCUT2D eigenvalue weighted by molar-refractivity contribution is 0.122. The molecular formula is C20H26BrN5O. The van der Waals surface area contributed by atoms with Crippen LogP contribution in [0.4, 0.5) is 11.8 Å². The van der Waals surface area contributed by atoms with Gasteiger partial charge in [0.15, 0.2) is 0 Å². The van der Waals surface area contributed by atoms with Crippen LogP contribution < -0.4 is 9.80 Å². The highest BCUT2D eigenvalue weighted by Crippen LogP contribution is 2.23. The first-order chi connectivity index (χ1) is 13.2. The van der Waals surface area contributed by atoms with Gasteiger partial charge in [-0.25, -0.2) is 4.98 Å². The zero-order valence-electron chi connectivity index (χ0n) is 15.7. The van der Waals surface area contributed by atoms with Gasteiger partial charge in [0.25, 0.3) is 0 Å². The molecule has 1 atom stereocenters. The van der Waals surface area contributed by atoms with Crippen LogP contribution >= 0.6 is 15.9 Å². The summed E-state index contributed by atoms with van der Waals surface area (Å²) in [6, 6.07) is 11.1. The monoisotopic (exact) mass is 431 g/mol. The fourth-order valence-corrected chi connectivity index (χ4v) is 4.25.